The summed E-state index contributed by atoms with van der Waals surface area (Å²) in [5.74, 6) is -0.814. The number of amides is 1. The molecule has 9 heteroatoms. The summed E-state index contributed by atoms with van der Waals surface area (Å²) in [6.07, 6.45) is -0.552. The third-order valence-electron chi connectivity index (χ3n) is 6.09. The van der Waals surface area contributed by atoms with Crippen LogP contribution in [0.4, 0.5) is 18.9 Å². The fourth-order valence-corrected chi connectivity index (χ4v) is 4.64. The number of aromatic nitrogens is 2. The van der Waals surface area contributed by atoms with Gasteiger partial charge >= 0.3 is 6.18 Å². The number of fused-ring (bicyclic) bond motifs is 1. The lowest BCUT2D eigenvalue weighted by Gasteiger charge is -2.36. The van der Waals surface area contributed by atoms with Crippen LogP contribution in [0.15, 0.2) is 36.7 Å². The first kappa shape index (κ1) is 22.8. The fourth-order valence-electron chi connectivity index (χ4n) is 4.64. The van der Waals surface area contributed by atoms with Crippen molar-refractivity contribution in [2.24, 2.45) is 7.05 Å². The lowest BCUT2D eigenvalue weighted by molar-refractivity contribution is -0.135. The van der Waals surface area contributed by atoms with Gasteiger partial charge in [0, 0.05) is 29.7 Å². The van der Waals surface area contributed by atoms with E-state index in [1.165, 1.54) is 24.3 Å². The zero-order valence-electron chi connectivity index (χ0n) is 18.5. The molecule has 2 aromatic heterocycles. The predicted molar refractivity (Wildman–Crippen MR) is 119 cm³/mol. The van der Waals surface area contributed by atoms with Crippen molar-refractivity contribution in [1.29, 1.82) is 5.26 Å². The number of rotatable bonds is 3. The quantitative estimate of drug-likeness (QED) is 0.585. The molecule has 1 aromatic carbocycles. The Morgan fingerprint density at radius 3 is 2.79 bits per heavy atom. The van der Waals surface area contributed by atoms with E-state index in [0.29, 0.717) is 24.9 Å². The monoisotopic (exact) mass is 455 g/mol. The second-order valence-electron chi connectivity index (χ2n) is 9.09. The van der Waals surface area contributed by atoms with E-state index in [2.05, 4.69) is 15.6 Å². The Kier molecular flexibility index (Phi) is 5.66. The van der Waals surface area contributed by atoms with Crippen LogP contribution in [0.3, 0.4) is 0 Å². The summed E-state index contributed by atoms with van der Waals surface area (Å²) in [6, 6.07) is 7.72. The number of alkyl halides is 3. The number of hydrogen-bond acceptors (Lipinski definition) is 4. The van der Waals surface area contributed by atoms with E-state index in [1.807, 2.05) is 19.9 Å². The summed E-state index contributed by atoms with van der Waals surface area (Å²) in [4.78, 5) is 17.0. The molecular formula is C24H24F3N5O. The third-order valence-corrected chi connectivity index (χ3v) is 6.09. The van der Waals surface area contributed by atoms with Crippen LogP contribution in [0, 0.1) is 11.3 Å². The molecule has 4 rings (SSSR count). The van der Waals surface area contributed by atoms with Gasteiger partial charge in [-0.15, -0.1) is 0 Å². The number of nitrogens with one attached hydrogen (secondary N) is 2. The summed E-state index contributed by atoms with van der Waals surface area (Å²) in [6.45, 7) is 4.77. The summed E-state index contributed by atoms with van der Waals surface area (Å²) in [7, 11) is 1.68. The van der Waals surface area contributed by atoms with E-state index < -0.39 is 23.3 Å². The number of nitriles is 1. The lowest BCUT2D eigenvalue weighted by Crippen LogP contribution is -2.45. The SMILES string of the molecule is Cn1cc(C2CCNC(C)(C)C2)c2c(C(F)(F)F)c(NC(=O)c3cccc(C#N)c3)cnc21. The van der Waals surface area contributed by atoms with Gasteiger partial charge in [-0.25, -0.2) is 4.98 Å². The van der Waals surface area contributed by atoms with Gasteiger partial charge in [0.05, 0.1) is 29.1 Å². The van der Waals surface area contributed by atoms with Gasteiger partial charge < -0.3 is 15.2 Å². The highest BCUT2D eigenvalue weighted by atomic mass is 19.4. The predicted octanol–water partition coefficient (Wildman–Crippen LogP) is 4.96. The summed E-state index contributed by atoms with van der Waals surface area (Å²) < 4.78 is 44.9. The van der Waals surface area contributed by atoms with Crippen molar-refractivity contribution in [3.8, 4) is 6.07 Å². The highest BCUT2D eigenvalue weighted by Crippen LogP contribution is 2.45. The van der Waals surface area contributed by atoms with Gasteiger partial charge in [-0.1, -0.05) is 6.07 Å². The number of carbonyl (C=O) groups is 1. The zero-order chi connectivity index (χ0) is 24.0. The van der Waals surface area contributed by atoms with Crippen molar-refractivity contribution in [2.45, 2.75) is 44.3 Å². The molecule has 1 unspecified atom stereocenters. The van der Waals surface area contributed by atoms with Gasteiger partial charge in [-0.05, 0) is 62.9 Å². The maximum Gasteiger partial charge on any atom is 0.419 e. The molecular weight excluding hydrogens is 431 g/mol. The summed E-state index contributed by atoms with van der Waals surface area (Å²) >= 11 is 0. The van der Waals surface area contributed by atoms with E-state index in [9.17, 15) is 18.0 Å². The molecule has 33 heavy (non-hydrogen) atoms. The minimum absolute atomic E-state index is 0.0243. The Hall–Kier alpha value is -3.38. The number of carbonyl (C=O) groups excluding carboxylic acids is 1. The second-order valence-corrected chi connectivity index (χ2v) is 9.09. The molecule has 0 spiro atoms. The number of anilines is 1. The Labute approximate surface area is 189 Å². The third kappa shape index (κ3) is 4.44. The largest absolute Gasteiger partial charge is 0.419 e. The maximum absolute atomic E-state index is 14.4. The summed E-state index contributed by atoms with van der Waals surface area (Å²) in [5.41, 5.74) is -0.356. The van der Waals surface area contributed by atoms with Crippen molar-refractivity contribution in [1.82, 2.24) is 14.9 Å². The Morgan fingerprint density at radius 1 is 1.36 bits per heavy atom. The Bertz CT molecular complexity index is 1270. The van der Waals surface area contributed by atoms with E-state index >= 15 is 0 Å². The van der Waals surface area contributed by atoms with Gasteiger partial charge in [-0.2, -0.15) is 18.4 Å². The van der Waals surface area contributed by atoms with Gasteiger partial charge in [0.1, 0.15) is 5.65 Å². The van der Waals surface area contributed by atoms with E-state index in [-0.39, 0.29) is 33.6 Å². The molecule has 1 aliphatic rings. The zero-order valence-corrected chi connectivity index (χ0v) is 18.5. The first-order valence-corrected chi connectivity index (χ1v) is 10.6. The van der Waals surface area contributed by atoms with Crippen LogP contribution in [0.5, 0.6) is 0 Å². The van der Waals surface area contributed by atoms with Crippen molar-refractivity contribution in [3.05, 3.63) is 58.9 Å². The molecule has 1 atom stereocenters. The molecule has 1 amide bonds. The van der Waals surface area contributed by atoms with Crippen LogP contribution in [0.2, 0.25) is 0 Å². The van der Waals surface area contributed by atoms with Crippen LogP contribution in [0.1, 0.15) is 59.7 Å². The average Bonchev–Trinajstić information content (AvgIpc) is 3.08. The molecule has 172 valence electrons. The number of hydrogen-bond donors (Lipinski definition) is 2. The molecule has 1 saturated heterocycles. The topological polar surface area (TPSA) is 82.7 Å². The minimum Gasteiger partial charge on any atom is -0.335 e. The van der Waals surface area contributed by atoms with Crippen LogP contribution >= 0.6 is 0 Å². The van der Waals surface area contributed by atoms with Crippen molar-refractivity contribution >= 4 is 22.6 Å². The molecule has 2 N–H and O–H groups in total. The van der Waals surface area contributed by atoms with Crippen LogP contribution in [-0.2, 0) is 13.2 Å². The molecule has 3 aromatic rings. The van der Waals surface area contributed by atoms with Crippen LogP contribution in [0.25, 0.3) is 11.0 Å². The van der Waals surface area contributed by atoms with Crippen molar-refractivity contribution < 1.29 is 18.0 Å². The van der Waals surface area contributed by atoms with Crippen molar-refractivity contribution in [2.75, 3.05) is 11.9 Å². The minimum atomic E-state index is -4.71. The van der Waals surface area contributed by atoms with Gasteiger partial charge in [0.25, 0.3) is 5.91 Å². The molecule has 6 nitrogen and oxygen atoms in total. The lowest BCUT2D eigenvalue weighted by atomic mass is 9.80. The molecule has 3 heterocycles. The number of aryl methyl sites for hydroxylation is 1. The number of halogens is 3. The molecule has 0 bridgehead atoms. The van der Waals surface area contributed by atoms with Gasteiger partial charge in [0.15, 0.2) is 0 Å². The summed E-state index contributed by atoms with van der Waals surface area (Å²) in [5, 5.41) is 14.9. The molecule has 1 aliphatic heterocycles. The average molecular weight is 455 g/mol. The van der Waals surface area contributed by atoms with Gasteiger partial charge in [-0.3, -0.25) is 4.79 Å². The fraction of sp³-hybridized carbons (Fsp3) is 0.375. The first-order valence-electron chi connectivity index (χ1n) is 10.6. The maximum atomic E-state index is 14.4. The normalized spacial score (nSPS) is 18.2. The van der Waals surface area contributed by atoms with Crippen molar-refractivity contribution in [3.63, 3.8) is 0 Å². The van der Waals surface area contributed by atoms with E-state index in [1.54, 1.807) is 17.8 Å². The number of pyridine rings is 1. The number of nitrogens with zero attached hydrogens (tertiary/aromatic N) is 3. The second kappa shape index (κ2) is 8.19. The van der Waals surface area contributed by atoms with E-state index in [4.69, 9.17) is 5.26 Å². The first-order chi connectivity index (χ1) is 15.5. The smallest absolute Gasteiger partial charge is 0.335 e. The molecule has 0 saturated carbocycles. The van der Waals surface area contributed by atoms with Crippen LogP contribution < -0.4 is 10.6 Å². The number of benzene rings is 1. The Balaban J connectivity index is 1.84. The van der Waals surface area contributed by atoms with Gasteiger partial charge in [0.2, 0.25) is 0 Å². The number of piperidine rings is 1. The van der Waals surface area contributed by atoms with Crippen LogP contribution in [-0.4, -0.2) is 27.5 Å². The Morgan fingerprint density at radius 2 is 2.12 bits per heavy atom. The standard InChI is InChI=1S/C24H24F3N5O/c1-23(2)10-16(7-8-30-23)17-13-32(3)21-19(17)20(24(25,26)27)18(12-29-21)31-22(33)15-6-4-5-14(9-15)11-28/h4-6,9,12-13,16,30H,7-8,10H2,1-3H3,(H,31,33). The highest BCUT2D eigenvalue weighted by molar-refractivity contribution is 6.06. The molecule has 1 fully saturated rings. The highest BCUT2D eigenvalue weighted by Gasteiger charge is 2.40. The molecule has 0 radical (unpaired) electrons. The molecule has 0 aliphatic carbocycles. The van der Waals surface area contributed by atoms with E-state index in [0.717, 1.165) is 6.20 Å².